The predicted molar refractivity (Wildman–Crippen MR) is 198 cm³/mol. The van der Waals surface area contributed by atoms with Crippen LogP contribution >= 0.6 is 0 Å². The zero-order chi connectivity index (χ0) is 36.7. The molecule has 3 fully saturated rings. The molecule has 0 radical (unpaired) electrons. The molecule has 12 heteroatoms. The van der Waals surface area contributed by atoms with Crippen molar-refractivity contribution >= 4 is 23.0 Å². The number of aromatic hydroxyl groups is 1. The lowest BCUT2D eigenvalue weighted by atomic mass is 9.86. The monoisotopic (exact) mass is 718 g/mol. The molecule has 4 heterocycles. The summed E-state index contributed by atoms with van der Waals surface area (Å²) in [4.78, 5) is 42.5. The molecule has 1 unspecified atom stereocenters. The van der Waals surface area contributed by atoms with Crippen molar-refractivity contribution in [1.29, 1.82) is 0 Å². The maximum Gasteiger partial charge on any atom is 0.408 e. The van der Waals surface area contributed by atoms with E-state index in [1.54, 1.807) is 30.3 Å². The van der Waals surface area contributed by atoms with E-state index in [2.05, 4.69) is 20.5 Å². The Morgan fingerprint density at radius 2 is 1.68 bits per heavy atom. The number of fused-ring (bicyclic) bond motifs is 4. The molecule has 4 aromatic carbocycles. The highest BCUT2D eigenvalue weighted by molar-refractivity contribution is 5.89. The van der Waals surface area contributed by atoms with E-state index in [-0.39, 0.29) is 42.8 Å². The number of ether oxygens (including phenoxy) is 3. The Morgan fingerprint density at radius 1 is 0.906 bits per heavy atom. The number of carbonyl (C=O) groups excluding carboxylic acids is 2. The zero-order valence-corrected chi connectivity index (χ0v) is 29.1. The van der Waals surface area contributed by atoms with Gasteiger partial charge in [-0.15, -0.1) is 0 Å². The average molecular weight is 719 g/mol. The molecule has 0 spiro atoms. The summed E-state index contributed by atoms with van der Waals surface area (Å²) >= 11 is 0. The highest BCUT2D eigenvalue weighted by Crippen LogP contribution is 2.31. The van der Waals surface area contributed by atoms with Gasteiger partial charge in [-0.05, 0) is 90.5 Å². The van der Waals surface area contributed by atoms with Crippen LogP contribution in [-0.4, -0.2) is 71.2 Å². The number of aliphatic hydroxyl groups is 1. The van der Waals surface area contributed by atoms with Crippen molar-refractivity contribution in [2.75, 3.05) is 32.9 Å². The molecule has 3 aliphatic rings. The van der Waals surface area contributed by atoms with E-state index < -0.39 is 24.2 Å². The number of aliphatic hydroxyl groups excluding tert-OH is 1. The number of pyridine rings is 1. The molecule has 53 heavy (non-hydrogen) atoms. The lowest BCUT2D eigenvalue weighted by Crippen LogP contribution is -2.52. The maximum atomic E-state index is 13.2. The summed E-state index contributed by atoms with van der Waals surface area (Å²) in [5.41, 5.74) is 3.36. The van der Waals surface area contributed by atoms with Gasteiger partial charge in [0.2, 0.25) is 5.56 Å². The number of aromatic amines is 1. The number of phenols is 1. The first-order valence-corrected chi connectivity index (χ1v) is 17.8. The summed E-state index contributed by atoms with van der Waals surface area (Å²) in [5, 5.41) is 27.3. The number of alkyl carbamates (subject to hydrolysis) is 1. The molecule has 3 aliphatic heterocycles. The Kier molecular flexibility index (Phi) is 11.0. The van der Waals surface area contributed by atoms with Crippen molar-refractivity contribution in [3.63, 3.8) is 0 Å². The van der Waals surface area contributed by atoms with Gasteiger partial charge in [0.1, 0.15) is 30.9 Å². The molecule has 5 N–H and O–H groups in total. The number of hydrogen-bond acceptors (Lipinski definition) is 10. The molecule has 3 atom stereocenters. The van der Waals surface area contributed by atoms with Crippen molar-refractivity contribution in [3.8, 4) is 11.5 Å². The van der Waals surface area contributed by atoms with Crippen LogP contribution in [0.25, 0.3) is 10.9 Å². The van der Waals surface area contributed by atoms with Crippen LogP contribution < -0.4 is 20.9 Å². The summed E-state index contributed by atoms with van der Waals surface area (Å²) in [6.07, 6.45) is 0.605. The van der Waals surface area contributed by atoms with E-state index >= 15 is 0 Å². The highest BCUT2D eigenvalue weighted by atomic mass is 16.6. The van der Waals surface area contributed by atoms with Crippen LogP contribution in [0.5, 0.6) is 11.5 Å². The van der Waals surface area contributed by atoms with Crippen molar-refractivity contribution in [2.24, 2.45) is 5.92 Å². The minimum absolute atomic E-state index is 0.0652. The molecule has 5 aromatic rings. The molecule has 274 valence electrons. The van der Waals surface area contributed by atoms with E-state index in [4.69, 9.17) is 14.2 Å². The van der Waals surface area contributed by atoms with Crippen LogP contribution in [0.2, 0.25) is 0 Å². The molecule has 8 rings (SSSR count). The number of H-pyrrole nitrogens is 1. The topological polar surface area (TPSA) is 162 Å². The third-order valence-electron chi connectivity index (χ3n) is 9.95. The van der Waals surface area contributed by atoms with Crippen molar-refractivity contribution < 1.29 is 34.0 Å². The van der Waals surface area contributed by atoms with E-state index in [1.807, 2.05) is 54.6 Å². The molecule has 1 aromatic heterocycles. The van der Waals surface area contributed by atoms with Crippen LogP contribution in [0.1, 0.15) is 57.6 Å². The number of aromatic nitrogens is 1. The van der Waals surface area contributed by atoms with Gasteiger partial charge >= 0.3 is 12.1 Å². The predicted octanol–water partition coefficient (Wildman–Crippen LogP) is 5.16. The van der Waals surface area contributed by atoms with Crippen LogP contribution in [0.4, 0.5) is 4.79 Å². The summed E-state index contributed by atoms with van der Waals surface area (Å²) in [6.45, 7) is 3.11. The van der Waals surface area contributed by atoms with E-state index in [0.717, 1.165) is 49.2 Å². The molecule has 0 aliphatic carbocycles. The first kappa shape index (κ1) is 35.7. The quantitative estimate of drug-likeness (QED) is 0.0625. The van der Waals surface area contributed by atoms with Crippen molar-refractivity contribution in [2.45, 2.75) is 37.7 Å². The standard InChI is InChI=1S/C41H42N4O8/c46-34-15-13-32(33-14-16-37(48)43-39(33)34)35(47)22-42-25-52-40(49)29-11-9-26(10-12-29)24-51-31-8-4-7-30(21-31)38(28-5-2-1-3-6-28)44-41(50)53-36-23-45-19-17-27(36)18-20-45/h1-16,21,27,35-36,38,42,46-47H,17-20,22-25H2,(H,43,48)(H,44,50)/t35-,36-,38?/m0/s1. The number of benzene rings is 4. The molecule has 0 saturated carbocycles. The first-order valence-electron chi connectivity index (χ1n) is 17.8. The Hall–Kier alpha value is -5.69. The number of hydrogen-bond donors (Lipinski definition) is 5. The van der Waals surface area contributed by atoms with E-state index in [1.165, 1.54) is 18.2 Å². The Morgan fingerprint density at radius 3 is 2.43 bits per heavy atom. The Balaban J connectivity index is 0.907. The van der Waals surface area contributed by atoms with Gasteiger partial charge in [0, 0.05) is 24.5 Å². The molecular formula is C41H42N4O8. The largest absolute Gasteiger partial charge is 0.506 e. The molecular weight excluding hydrogens is 676 g/mol. The number of phenolic OH excluding ortho intramolecular Hbond substituents is 1. The maximum absolute atomic E-state index is 13.2. The van der Waals surface area contributed by atoms with Gasteiger partial charge in [0.05, 0.1) is 23.2 Å². The smallest absolute Gasteiger partial charge is 0.408 e. The van der Waals surface area contributed by atoms with Crippen molar-refractivity contribution in [1.82, 2.24) is 20.5 Å². The third-order valence-corrected chi connectivity index (χ3v) is 9.95. The normalized spacial score (nSPS) is 18.9. The van der Waals surface area contributed by atoms with Gasteiger partial charge in [0.15, 0.2) is 0 Å². The van der Waals surface area contributed by atoms with Gasteiger partial charge in [-0.3, -0.25) is 15.0 Å². The third kappa shape index (κ3) is 8.69. The second kappa shape index (κ2) is 16.3. The molecule has 2 bridgehead atoms. The van der Waals surface area contributed by atoms with Crippen LogP contribution in [-0.2, 0) is 16.1 Å². The van der Waals surface area contributed by atoms with E-state index in [0.29, 0.717) is 28.2 Å². The minimum atomic E-state index is -0.987. The van der Waals surface area contributed by atoms with Gasteiger partial charge in [-0.2, -0.15) is 0 Å². The van der Waals surface area contributed by atoms with Gasteiger partial charge in [-0.1, -0.05) is 60.7 Å². The summed E-state index contributed by atoms with van der Waals surface area (Å²) < 4.78 is 17.4. The number of amides is 1. The van der Waals surface area contributed by atoms with E-state index in [9.17, 15) is 24.6 Å². The lowest BCUT2D eigenvalue weighted by molar-refractivity contribution is -0.0336. The SMILES string of the molecule is O=C(NC(c1ccccc1)c1cccc(OCc2ccc(C(=O)OCNC[C@H](O)c3ccc(O)c4[nH]c(=O)ccc34)cc2)c1)O[C@H]1CN2CCC1CC2. The second-order valence-corrected chi connectivity index (χ2v) is 13.5. The number of carbonyl (C=O) groups is 2. The highest BCUT2D eigenvalue weighted by Gasteiger charge is 2.37. The average Bonchev–Trinajstić information content (AvgIpc) is 3.19. The summed E-state index contributed by atoms with van der Waals surface area (Å²) in [7, 11) is 0. The number of piperidine rings is 3. The van der Waals surface area contributed by atoms with Crippen LogP contribution in [0.15, 0.2) is 108 Å². The zero-order valence-electron chi connectivity index (χ0n) is 29.1. The number of nitrogens with one attached hydrogen (secondary N) is 3. The number of esters is 1. The minimum Gasteiger partial charge on any atom is -0.506 e. The molecule has 1 amide bonds. The Labute approximate surface area is 306 Å². The van der Waals surface area contributed by atoms with Crippen LogP contribution in [0, 0.1) is 5.92 Å². The fourth-order valence-electron chi connectivity index (χ4n) is 7.08. The van der Waals surface area contributed by atoms with Crippen LogP contribution in [0.3, 0.4) is 0 Å². The van der Waals surface area contributed by atoms with Gasteiger partial charge in [-0.25, -0.2) is 9.59 Å². The summed E-state index contributed by atoms with van der Waals surface area (Å²) in [6, 6.07) is 29.7. The lowest BCUT2D eigenvalue weighted by Gasteiger charge is -2.43. The van der Waals surface area contributed by atoms with Gasteiger partial charge in [0.25, 0.3) is 0 Å². The van der Waals surface area contributed by atoms with Crippen molar-refractivity contribution in [3.05, 3.63) is 141 Å². The second-order valence-electron chi connectivity index (χ2n) is 13.5. The first-order chi connectivity index (χ1) is 25.8. The fourth-order valence-corrected chi connectivity index (χ4v) is 7.08. The Bertz CT molecular complexity index is 2100. The fraction of sp³-hybridized carbons (Fsp3) is 0.293. The number of rotatable bonds is 13. The summed E-state index contributed by atoms with van der Waals surface area (Å²) in [5.74, 6) is 0.408. The number of nitrogens with zero attached hydrogens (tertiary/aromatic N) is 1. The molecule has 3 saturated heterocycles. The molecule has 12 nitrogen and oxygen atoms in total. The van der Waals surface area contributed by atoms with Gasteiger partial charge < -0.3 is 34.7 Å².